The van der Waals surface area contributed by atoms with Gasteiger partial charge in [0.15, 0.2) is 0 Å². The molecule has 0 bridgehead atoms. The fourth-order valence-electron chi connectivity index (χ4n) is 4.37. The first-order valence-electron chi connectivity index (χ1n) is 11.7. The number of aryl methyl sites for hydroxylation is 2. The summed E-state index contributed by atoms with van der Waals surface area (Å²) in [6, 6.07) is 17.2. The van der Waals surface area contributed by atoms with Crippen molar-refractivity contribution in [2.45, 2.75) is 39.0 Å². The van der Waals surface area contributed by atoms with Gasteiger partial charge in [-0.15, -0.1) is 0 Å². The van der Waals surface area contributed by atoms with E-state index in [1.165, 1.54) is 5.69 Å². The number of benzene rings is 2. The topological polar surface area (TPSA) is 24.3 Å². The molecule has 1 fully saturated rings. The minimum atomic E-state index is -0.130. The number of aromatic nitrogens is 2. The molecule has 2 aromatic carbocycles. The number of anilines is 1. The summed E-state index contributed by atoms with van der Waals surface area (Å²) in [6.07, 6.45) is 5.36. The number of rotatable bonds is 9. The van der Waals surface area contributed by atoms with Gasteiger partial charge in [-0.2, -0.15) is 5.10 Å². The quantitative estimate of drug-likeness (QED) is 0.410. The molecule has 6 heteroatoms. The molecule has 0 atom stereocenters. The Morgan fingerprint density at radius 2 is 1.75 bits per heavy atom. The highest BCUT2D eigenvalue weighted by atomic mass is 35.5. The second-order valence-corrected chi connectivity index (χ2v) is 8.94. The smallest absolute Gasteiger partial charge is 0.146 e. The van der Waals surface area contributed by atoms with Crippen LogP contribution in [-0.4, -0.2) is 47.4 Å². The summed E-state index contributed by atoms with van der Waals surface area (Å²) in [5.74, 6) is -0.130. The van der Waals surface area contributed by atoms with Gasteiger partial charge in [0.05, 0.1) is 17.1 Å². The zero-order chi connectivity index (χ0) is 22.3. The van der Waals surface area contributed by atoms with E-state index in [0.717, 1.165) is 86.9 Å². The van der Waals surface area contributed by atoms with E-state index in [0.29, 0.717) is 0 Å². The van der Waals surface area contributed by atoms with Crippen LogP contribution in [0.2, 0.25) is 5.02 Å². The molecule has 0 spiro atoms. The largest absolute Gasteiger partial charge is 0.367 e. The van der Waals surface area contributed by atoms with E-state index >= 15 is 0 Å². The molecule has 0 amide bonds. The molecule has 0 N–H and O–H groups in total. The zero-order valence-corrected chi connectivity index (χ0v) is 19.6. The molecular formula is C26H32ClFN4. The van der Waals surface area contributed by atoms with Crippen molar-refractivity contribution in [3.63, 3.8) is 0 Å². The van der Waals surface area contributed by atoms with E-state index in [1.807, 2.05) is 30.3 Å². The Kier molecular flexibility index (Phi) is 7.82. The van der Waals surface area contributed by atoms with Crippen LogP contribution in [0.3, 0.4) is 0 Å². The van der Waals surface area contributed by atoms with Gasteiger partial charge in [0.2, 0.25) is 0 Å². The molecule has 170 valence electrons. The summed E-state index contributed by atoms with van der Waals surface area (Å²) in [4.78, 5) is 4.63. The molecule has 2 heterocycles. The van der Waals surface area contributed by atoms with Crippen LogP contribution in [0.1, 0.15) is 37.6 Å². The Hall–Kier alpha value is -2.37. The molecule has 4 rings (SSSR count). The molecule has 0 unspecified atom stereocenters. The highest BCUT2D eigenvalue weighted by molar-refractivity contribution is 6.30. The van der Waals surface area contributed by atoms with Crippen molar-refractivity contribution in [3.8, 4) is 5.69 Å². The van der Waals surface area contributed by atoms with Crippen LogP contribution in [0.4, 0.5) is 10.1 Å². The monoisotopic (exact) mass is 454 g/mol. The van der Waals surface area contributed by atoms with Gasteiger partial charge in [0, 0.05) is 36.9 Å². The lowest BCUT2D eigenvalue weighted by atomic mass is 10.1. The third kappa shape index (κ3) is 5.70. The predicted octanol–water partition coefficient (Wildman–Crippen LogP) is 5.76. The van der Waals surface area contributed by atoms with Gasteiger partial charge in [-0.25, -0.2) is 9.07 Å². The summed E-state index contributed by atoms with van der Waals surface area (Å²) in [5.41, 5.74) is 4.13. The Bertz CT molecular complexity index is 1010. The van der Waals surface area contributed by atoms with E-state index < -0.39 is 0 Å². The molecule has 0 radical (unpaired) electrons. The Balaban J connectivity index is 1.34. The van der Waals surface area contributed by atoms with Crippen molar-refractivity contribution >= 4 is 17.3 Å². The van der Waals surface area contributed by atoms with Gasteiger partial charge >= 0.3 is 0 Å². The minimum Gasteiger partial charge on any atom is -0.367 e. The number of hydrogen-bond acceptors (Lipinski definition) is 3. The van der Waals surface area contributed by atoms with Gasteiger partial charge in [-0.1, -0.05) is 43.1 Å². The van der Waals surface area contributed by atoms with Crippen LogP contribution in [-0.2, 0) is 12.8 Å². The van der Waals surface area contributed by atoms with Crippen LogP contribution in [0, 0.1) is 5.82 Å². The Morgan fingerprint density at radius 1 is 0.938 bits per heavy atom. The Labute approximate surface area is 195 Å². The number of halogens is 2. The van der Waals surface area contributed by atoms with Crippen LogP contribution in [0.5, 0.6) is 0 Å². The summed E-state index contributed by atoms with van der Waals surface area (Å²) >= 11 is 6.23. The molecular weight excluding hydrogens is 423 g/mol. The van der Waals surface area contributed by atoms with E-state index in [2.05, 4.69) is 33.5 Å². The number of unbranched alkanes of at least 4 members (excludes halogenated alkanes) is 1. The first kappa shape index (κ1) is 22.8. The standard InChI is InChI=1S/C26H32ClFN4/c1-2-3-9-22-20-24(32(29-22)23-10-6-8-21(27)19-23)11-7-14-30-15-17-31(18-16-30)26-13-5-4-12-25(26)28/h4-6,8,10,12-13,19-20H,2-3,7,9,11,14-18H2,1H3. The average Bonchev–Trinajstić information content (AvgIpc) is 3.21. The molecule has 0 aliphatic carbocycles. The number of nitrogens with zero attached hydrogens (tertiary/aromatic N) is 4. The van der Waals surface area contributed by atoms with Crippen molar-refractivity contribution in [1.29, 1.82) is 0 Å². The third-order valence-corrected chi connectivity index (χ3v) is 6.38. The number of para-hydroxylation sites is 1. The number of hydrogen-bond donors (Lipinski definition) is 0. The number of piperazine rings is 1. The molecule has 1 saturated heterocycles. The van der Waals surface area contributed by atoms with Crippen LogP contribution >= 0.6 is 11.6 Å². The normalized spacial score (nSPS) is 14.8. The fourth-order valence-corrected chi connectivity index (χ4v) is 4.55. The molecule has 3 aromatic rings. The maximum Gasteiger partial charge on any atom is 0.146 e. The molecule has 4 nitrogen and oxygen atoms in total. The molecule has 32 heavy (non-hydrogen) atoms. The summed E-state index contributed by atoms with van der Waals surface area (Å²) in [6.45, 7) is 6.90. The first-order valence-corrected chi connectivity index (χ1v) is 12.1. The van der Waals surface area contributed by atoms with Crippen molar-refractivity contribution < 1.29 is 4.39 Å². The second kappa shape index (κ2) is 11.0. The molecule has 1 aromatic heterocycles. The van der Waals surface area contributed by atoms with Crippen LogP contribution in [0.15, 0.2) is 54.6 Å². The van der Waals surface area contributed by atoms with Gasteiger partial charge in [0.1, 0.15) is 5.82 Å². The lowest BCUT2D eigenvalue weighted by Crippen LogP contribution is -2.47. The van der Waals surface area contributed by atoms with Gasteiger partial charge in [0.25, 0.3) is 0 Å². The third-order valence-electron chi connectivity index (χ3n) is 6.15. The van der Waals surface area contributed by atoms with Crippen molar-refractivity contribution in [3.05, 3.63) is 76.8 Å². The molecule has 1 aliphatic heterocycles. The van der Waals surface area contributed by atoms with Crippen molar-refractivity contribution in [2.24, 2.45) is 0 Å². The highest BCUT2D eigenvalue weighted by Crippen LogP contribution is 2.21. The van der Waals surface area contributed by atoms with E-state index in [1.54, 1.807) is 12.1 Å². The lowest BCUT2D eigenvalue weighted by molar-refractivity contribution is 0.254. The van der Waals surface area contributed by atoms with Crippen LogP contribution in [0.25, 0.3) is 5.69 Å². The first-order chi connectivity index (χ1) is 15.6. The van der Waals surface area contributed by atoms with E-state index in [4.69, 9.17) is 16.7 Å². The fraction of sp³-hybridized carbons (Fsp3) is 0.423. The van der Waals surface area contributed by atoms with Crippen molar-refractivity contribution in [2.75, 3.05) is 37.6 Å². The van der Waals surface area contributed by atoms with Crippen molar-refractivity contribution in [1.82, 2.24) is 14.7 Å². The SMILES string of the molecule is CCCCc1cc(CCCN2CCN(c3ccccc3F)CC2)n(-c2cccc(Cl)c2)n1. The summed E-state index contributed by atoms with van der Waals surface area (Å²) in [5, 5.41) is 5.61. The van der Waals surface area contributed by atoms with E-state index in [-0.39, 0.29) is 5.82 Å². The zero-order valence-electron chi connectivity index (χ0n) is 18.8. The summed E-state index contributed by atoms with van der Waals surface area (Å²) in [7, 11) is 0. The van der Waals surface area contributed by atoms with E-state index in [9.17, 15) is 4.39 Å². The second-order valence-electron chi connectivity index (χ2n) is 8.51. The maximum absolute atomic E-state index is 14.1. The predicted molar refractivity (Wildman–Crippen MR) is 131 cm³/mol. The van der Waals surface area contributed by atoms with Gasteiger partial charge in [-0.05, 0) is 68.6 Å². The van der Waals surface area contributed by atoms with Gasteiger partial charge in [-0.3, -0.25) is 4.90 Å². The Morgan fingerprint density at radius 3 is 2.50 bits per heavy atom. The minimum absolute atomic E-state index is 0.130. The highest BCUT2D eigenvalue weighted by Gasteiger charge is 2.19. The average molecular weight is 455 g/mol. The molecule has 1 aliphatic rings. The lowest BCUT2D eigenvalue weighted by Gasteiger charge is -2.36. The summed E-state index contributed by atoms with van der Waals surface area (Å²) < 4.78 is 16.1. The van der Waals surface area contributed by atoms with Crippen LogP contribution < -0.4 is 4.90 Å². The maximum atomic E-state index is 14.1. The van der Waals surface area contributed by atoms with Gasteiger partial charge < -0.3 is 4.90 Å². The molecule has 0 saturated carbocycles.